The van der Waals surface area contributed by atoms with Gasteiger partial charge in [-0.1, -0.05) is 13.3 Å². The van der Waals surface area contributed by atoms with E-state index in [9.17, 15) is 19.5 Å². The molecule has 9 heteroatoms. The highest BCUT2D eigenvalue weighted by molar-refractivity contribution is 5.98. The number of aromatic nitrogens is 1. The number of pyridine rings is 1. The van der Waals surface area contributed by atoms with Crippen LogP contribution in [0.15, 0.2) is 11.0 Å². The van der Waals surface area contributed by atoms with Gasteiger partial charge in [0.25, 0.3) is 5.91 Å². The first kappa shape index (κ1) is 19.9. The molecule has 0 aliphatic carbocycles. The average molecular weight is 368 g/mol. The summed E-state index contributed by atoms with van der Waals surface area (Å²) in [5.41, 5.74) is -0.927. The van der Waals surface area contributed by atoms with Gasteiger partial charge >= 0.3 is 5.97 Å². The van der Waals surface area contributed by atoms with Gasteiger partial charge in [0, 0.05) is 19.9 Å². The monoisotopic (exact) mass is 368 g/mol. The molecule has 1 aromatic rings. The number of hydrogen-bond acceptors (Lipinski definition) is 7. The van der Waals surface area contributed by atoms with Crippen LogP contribution < -0.4 is 10.2 Å². The number of carbonyl (C=O) groups is 2. The first-order chi connectivity index (χ1) is 12.5. The standard InChI is InChI=1S/C17H24N2O7/c1-4-5-7-26-15-13-16(22)19(6-8-24-2)12(20)10-18(13)9-11(14(15)21)17(23)25-3/h9,12,20H,4-8,10H2,1-3H3. The third-order valence-corrected chi connectivity index (χ3v) is 4.11. The van der Waals surface area contributed by atoms with E-state index < -0.39 is 23.5 Å². The third-order valence-electron chi connectivity index (χ3n) is 4.11. The summed E-state index contributed by atoms with van der Waals surface area (Å²) in [6.07, 6.45) is 1.64. The van der Waals surface area contributed by atoms with Crippen LogP contribution in [0.25, 0.3) is 0 Å². The molecule has 0 saturated carbocycles. The maximum Gasteiger partial charge on any atom is 0.343 e. The Labute approximate surface area is 151 Å². The highest BCUT2D eigenvalue weighted by Gasteiger charge is 2.36. The zero-order valence-corrected chi connectivity index (χ0v) is 15.2. The number of aliphatic hydroxyl groups excluding tert-OH is 1. The Hall–Kier alpha value is -2.39. The van der Waals surface area contributed by atoms with Gasteiger partial charge in [0.15, 0.2) is 11.4 Å². The van der Waals surface area contributed by atoms with Crippen molar-refractivity contribution in [2.24, 2.45) is 0 Å². The number of hydrogen-bond donors (Lipinski definition) is 1. The van der Waals surface area contributed by atoms with E-state index in [1.807, 2.05) is 6.92 Å². The lowest BCUT2D eigenvalue weighted by Gasteiger charge is -2.35. The molecule has 26 heavy (non-hydrogen) atoms. The number of nitrogens with zero attached hydrogens (tertiary/aromatic N) is 2. The highest BCUT2D eigenvalue weighted by atomic mass is 16.5. The fraction of sp³-hybridized carbons (Fsp3) is 0.588. The Kier molecular flexibility index (Phi) is 6.76. The van der Waals surface area contributed by atoms with Gasteiger partial charge in [-0.25, -0.2) is 4.79 Å². The summed E-state index contributed by atoms with van der Waals surface area (Å²) in [6.45, 7) is 2.60. The molecule has 2 rings (SSSR count). The number of ether oxygens (including phenoxy) is 3. The Morgan fingerprint density at radius 3 is 2.65 bits per heavy atom. The third kappa shape index (κ3) is 3.88. The molecule has 1 N–H and O–H groups in total. The van der Waals surface area contributed by atoms with Crippen LogP contribution in [-0.4, -0.2) is 66.7 Å². The minimum absolute atomic E-state index is 0.000794. The van der Waals surface area contributed by atoms with Crippen LogP contribution in [0.3, 0.4) is 0 Å². The molecule has 0 aromatic carbocycles. The lowest BCUT2D eigenvalue weighted by atomic mass is 10.1. The van der Waals surface area contributed by atoms with Crippen LogP contribution in [0.2, 0.25) is 0 Å². The molecule has 0 bridgehead atoms. The van der Waals surface area contributed by atoms with E-state index in [1.165, 1.54) is 22.8 Å². The molecular formula is C17H24N2O7. The summed E-state index contributed by atoms with van der Waals surface area (Å²) < 4.78 is 16.5. The number of methoxy groups -OCH3 is 2. The zero-order chi connectivity index (χ0) is 19.3. The number of carbonyl (C=O) groups excluding carboxylic acids is 2. The minimum Gasteiger partial charge on any atom is -0.487 e. The first-order valence-corrected chi connectivity index (χ1v) is 8.42. The smallest absolute Gasteiger partial charge is 0.343 e. The second kappa shape index (κ2) is 8.81. The lowest BCUT2D eigenvalue weighted by molar-refractivity contribution is -0.0208. The molecule has 1 amide bonds. The van der Waals surface area contributed by atoms with Crippen molar-refractivity contribution in [3.63, 3.8) is 0 Å². The normalized spacial score (nSPS) is 16.4. The maximum absolute atomic E-state index is 12.8. The Bertz CT molecular complexity index is 729. The van der Waals surface area contributed by atoms with Gasteiger partial charge < -0.3 is 28.8 Å². The van der Waals surface area contributed by atoms with Gasteiger partial charge in [-0.15, -0.1) is 0 Å². The number of fused-ring (bicyclic) bond motifs is 1. The average Bonchev–Trinajstić information content (AvgIpc) is 2.62. The summed E-state index contributed by atoms with van der Waals surface area (Å²) >= 11 is 0. The number of unbranched alkanes of at least 4 members (excludes halogenated alkanes) is 1. The van der Waals surface area contributed by atoms with Gasteiger partial charge in [0.1, 0.15) is 11.8 Å². The van der Waals surface area contributed by atoms with Gasteiger partial charge in [-0.2, -0.15) is 0 Å². The van der Waals surface area contributed by atoms with Crippen molar-refractivity contribution in [3.8, 4) is 5.75 Å². The van der Waals surface area contributed by atoms with Crippen molar-refractivity contribution < 1.29 is 28.9 Å². The second-order valence-electron chi connectivity index (χ2n) is 5.87. The number of esters is 1. The van der Waals surface area contributed by atoms with Crippen molar-refractivity contribution in [1.82, 2.24) is 9.47 Å². The summed E-state index contributed by atoms with van der Waals surface area (Å²) in [7, 11) is 2.65. The van der Waals surface area contributed by atoms with Crippen molar-refractivity contribution >= 4 is 11.9 Å². The molecule has 1 unspecified atom stereocenters. The Morgan fingerprint density at radius 1 is 1.31 bits per heavy atom. The molecule has 9 nitrogen and oxygen atoms in total. The molecule has 1 atom stereocenters. The predicted molar refractivity (Wildman–Crippen MR) is 91.4 cm³/mol. The van der Waals surface area contributed by atoms with Crippen LogP contribution in [-0.2, 0) is 16.0 Å². The fourth-order valence-corrected chi connectivity index (χ4v) is 2.70. The summed E-state index contributed by atoms with van der Waals surface area (Å²) in [5.74, 6) is -1.57. The Morgan fingerprint density at radius 2 is 2.04 bits per heavy atom. The maximum atomic E-state index is 12.8. The van der Waals surface area contributed by atoms with E-state index in [2.05, 4.69) is 4.74 Å². The van der Waals surface area contributed by atoms with E-state index in [-0.39, 0.29) is 43.3 Å². The van der Waals surface area contributed by atoms with Crippen molar-refractivity contribution in [1.29, 1.82) is 0 Å². The topological polar surface area (TPSA) is 107 Å². The van der Waals surface area contributed by atoms with E-state index in [0.717, 1.165) is 13.5 Å². The van der Waals surface area contributed by atoms with Crippen molar-refractivity contribution in [3.05, 3.63) is 27.7 Å². The quantitative estimate of drug-likeness (QED) is 0.517. The van der Waals surface area contributed by atoms with E-state index in [4.69, 9.17) is 9.47 Å². The lowest BCUT2D eigenvalue weighted by Crippen LogP contribution is -2.50. The zero-order valence-electron chi connectivity index (χ0n) is 15.2. The summed E-state index contributed by atoms with van der Waals surface area (Å²) in [6, 6.07) is 0. The summed E-state index contributed by atoms with van der Waals surface area (Å²) in [5, 5.41) is 10.3. The first-order valence-electron chi connectivity index (χ1n) is 8.42. The van der Waals surface area contributed by atoms with Crippen molar-refractivity contribution in [2.75, 3.05) is 34.0 Å². The molecule has 2 heterocycles. The minimum atomic E-state index is -1.11. The summed E-state index contributed by atoms with van der Waals surface area (Å²) in [4.78, 5) is 38.6. The van der Waals surface area contributed by atoms with E-state index >= 15 is 0 Å². The number of aliphatic hydroxyl groups is 1. The highest BCUT2D eigenvalue weighted by Crippen LogP contribution is 2.24. The van der Waals surface area contributed by atoms with Crippen molar-refractivity contribution in [2.45, 2.75) is 32.5 Å². The predicted octanol–water partition coefficient (Wildman–Crippen LogP) is 0.234. The van der Waals surface area contributed by atoms with Crippen LogP contribution in [0.4, 0.5) is 0 Å². The van der Waals surface area contributed by atoms with Crippen LogP contribution in [0, 0.1) is 0 Å². The molecule has 1 aliphatic heterocycles. The molecule has 144 valence electrons. The van der Waals surface area contributed by atoms with Crippen LogP contribution >= 0.6 is 0 Å². The second-order valence-corrected chi connectivity index (χ2v) is 5.87. The molecule has 0 saturated heterocycles. The number of rotatable bonds is 8. The van der Waals surface area contributed by atoms with Gasteiger partial charge in [-0.3, -0.25) is 9.59 Å². The fourth-order valence-electron chi connectivity index (χ4n) is 2.70. The molecule has 0 radical (unpaired) electrons. The van der Waals surface area contributed by atoms with E-state index in [1.54, 1.807) is 0 Å². The van der Waals surface area contributed by atoms with Gasteiger partial charge in [0.05, 0.1) is 26.9 Å². The molecule has 0 fully saturated rings. The molecule has 0 spiro atoms. The van der Waals surface area contributed by atoms with Gasteiger partial charge in [-0.05, 0) is 6.42 Å². The molecule has 1 aliphatic rings. The van der Waals surface area contributed by atoms with Crippen LogP contribution in [0.1, 0.15) is 40.6 Å². The molecular weight excluding hydrogens is 344 g/mol. The van der Waals surface area contributed by atoms with E-state index in [0.29, 0.717) is 6.42 Å². The van der Waals surface area contributed by atoms with Gasteiger partial charge in [0.2, 0.25) is 5.43 Å². The molecule has 1 aromatic heterocycles. The number of amides is 1. The largest absolute Gasteiger partial charge is 0.487 e. The van der Waals surface area contributed by atoms with Crippen LogP contribution in [0.5, 0.6) is 5.75 Å². The Balaban J connectivity index is 2.54. The SMILES string of the molecule is CCCCOc1c2n(cc(C(=O)OC)c1=O)CC(O)N(CCOC)C2=O.